The number of nitrogens with one attached hydrogen (secondary N) is 2. The van der Waals surface area contributed by atoms with Gasteiger partial charge in [-0.3, -0.25) is 14.8 Å². The molecule has 29 heavy (non-hydrogen) atoms. The second-order valence-corrected chi connectivity index (χ2v) is 6.29. The minimum atomic E-state index is -0.780. The molecule has 144 valence electrons. The largest absolute Gasteiger partial charge is 0.365 e. The number of hydrogen-bond acceptors (Lipinski definition) is 6. The Morgan fingerprint density at radius 2 is 1.86 bits per heavy atom. The fraction of sp³-hybridized carbons (Fsp3) is 0.0476. The smallest absolute Gasteiger partial charge is 0.252 e. The van der Waals surface area contributed by atoms with Crippen molar-refractivity contribution in [2.75, 3.05) is 10.6 Å². The number of fused-ring (bicyclic) bond motifs is 1. The summed E-state index contributed by atoms with van der Waals surface area (Å²) in [4.78, 5) is 24.5. The highest BCUT2D eigenvalue weighted by atomic mass is 19.1. The Hall–Kier alpha value is -4.07. The van der Waals surface area contributed by atoms with Crippen LogP contribution >= 0.6 is 0 Å². The first-order valence-corrected chi connectivity index (χ1v) is 8.86. The van der Waals surface area contributed by atoms with Crippen LogP contribution in [0.4, 0.5) is 21.7 Å². The number of carbonyl (C=O) groups is 1. The molecule has 1 aromatic carbocycles. The number of primary amides is 1. The lowest BCUT2D eigenvalue weighted by Gasteiger charge is -2.13. The Labute approximate surface area is 165 Å². The van der Waals surface area contributed by atoms with Crippen LogP contribution in [0.15, 0.2) is 67.0 Å². The molecule has 0 bridgehead atoms. The van der Waals surface area contributed by atoms with Crippen LogP contribution < -0.4 is 16.4 Å². The lowest BCUT2D eigenvalue weighted by atomic mass is 10.2. The Morgan fingerprint density at radius 3 is 2.66 bits per heavy atom. The van der Waals surface area contributed by atoms with Crippen molar-refractivity contribution in [3.05, 3.63) is 84.1 Å². The van der Waals surface area contributed by atoms with Crippen LogP contribution in [0, 0.1) is 5.82 Å². The van der Waals surface area contributed by atoms with Gasteiger partial charge in [-0.05, 0) is 42.5 Å². The van der Waals surface area contributed by atoms with E-state index < -0.39 is 11.7 Å². The molecule has 0 aliphatic heterocycles. The highest BCUT2D eigenvalue weighted by Gasteiger charge is 2.16. The van der Waals surface area contributed by atoms with Crippen LogP contribution in [-0.2, 0) is 6.54 Å². The molecule has 4 N–H and O–H groups in total. The van der Waals surface area contributed by atoms with Gasteiger partial charge in [-0.1, -0.05) is 12.1 Å². The van der Waals surface area contributed by atoms with Gasteiger partial charge in [0.15, 0.2) is 11.6 Å². The van der Waals surface area contributed by atoms with Crippen LogP contribution in [0.2, 0.25) is 0 Å². The summed E-state index contributed by atoms with van der Waals surface area (Å²) in [6, 6.07) is 15.8. The van der Waals surface area contributed by atoms with E-state index in [0.29, 0.717) is 5.69 Å². The van der Waals surface area contributed by atoms with Crippen molar-refractivity contribution in [2.45, 2.75) is 6.54 Å². The van der Waals surface area contributed by atoms with E-state index in [4.69, 9.17) is 5.73 Å². The quantitative estimate of drug-likeness (QED) is 0.466. The average molecular weight is 388 g/mol. The number of nitrogens with two attached hydrogens (primary N) is 1. The summed E-state index contributed by atoms with van der Waals surface area (Å²) < 4.78 is 14.5. The number of amides is 1. The molecule has 3 heterocycles. The molecule has 3 aromatic heterocycles. The van der Waals surface area contributed by atoms with Crippen molar-refractivity contribution < 1.29 is 9.18 Å². The maximum absolute atomic E-state index is 14.5. The third-order valence-electron chi connectivity index (χ3n) is 4.27. The van der Waals surface area contributed by atoms with Crippen molar-refractivity contribution in [2.24, 2.45) is 5.73 Å². The van der Waals surface area contributed by atoms with Crippen molar-refractivity contribution in [3.8, 4) is 0 Å². The van der Waals surface area contributed by atoms with Gasteiger partial charge in [-0.15, -0.1) is 0 Å². The van der Waals surface area contributed by atoms with Gasteiger partial charge in [0, 0.05) is 23.5 Å². The van der Waals surface area contributed by atoms with Crippen LogP contribution in [0.3, 0.4) is 0 Å². The van der Waals surface area contributed by atoms with Gasteiger partial charge < -0.3 is 16.4 Å². The minimum absolute atomic E-state index is 0.00870. The first-order chi connectivity index (χ1) is 14.1. The summed E-state index contributed by atoms with van der Waals surface area (Å²) in [5, 5.41) is 6.86. The molecule has 0 saturated heterocycles. The van der Waals surface area contributed by atoms with E-state index in [1.165, 1.54) is 0 Å². The molecule has 0 aliphatic carbocycles. The number of nitrogens with zero attached hydrogens (tertiary/aromatic N) is 3. The maximum atomic E-state index is 14.5. The predicted octanol–water partition coefficient (Wildman–Crippen LogP) is 3.62. The molecule has 4 aromatic rings. The molecular weight excluding hydrogens is 371 g/mol. The molecule has 1 amide bonds. The lowest BCUT2D eigenvalue weighted by molar-refractivity contribution is 0.100. The van der Waals surface area contributed by atoms with Crippen LogP contribution in [0.1, 0.15) is 16.1 Å². The number of pyridine rings is 3. The second kappa shape index (κ2) is 7.89. The zero-order chi connectivity index (χ0) is 20.2. The third kappa shape index (κ3) is 4.11. The molecule has 4 rings (SSSR count). The number of carbonyl (C=O) groups excluding carboxylic acids is 1. The predicted molar refractivity (Wildman–Crippen MR) is 109 cm³/mol. The molecule has 8 heteroatoms. The van der Waals surface area contributed by atoms with E-state index in [1.807, 2.05) is 36.4 Å². The van der Waals surface area contributed by atoms with Gasteiger partial charge in [-0.25, -0.2) is 9.37 Å². The standard InChI is InChI=1S/C21H17FN6O/c22-17-11-16(19(23)29)20(28-21(17)26-12-15-5-1-2-8-24-15)27-14-6-7-18-13(10-14)4-3-9-25-18/h1-11H,12H2,(H2,23,29)(H2,26,27,28). The maximum Gasteiger partial charge on any atom is 0.252 e. The van der Waals surface area contributed by atoms with Crippen molar-refractivity contribution in [3.63, 3.8) is 0 Å². The van der Waals surface area contributed by atoms with Crippen LogP contribution in [-0.4, -0.2) is 20.9 Å². The SMILES string of the molecule is NC(=O)c1cc(F)c(NCc2ccccn2)nc1Nc1ccc2ncccc2c1. The summed E-state index contributed by atoms with van der Waals surface area (Å²) in [6.45, 7) is 0.280. The molecule has 0 unspecified atom stereocenters. The number of hydrogen-bond donors (Lipinski definition) is 3. The van der Waals surface area contributed by atoms with E-state index >= 15 is 0 Å². The zero-order valence-corrected chi connectivity index (χ0v) is 15.3. The molecule has 0 saturated carbocycles. The second-order valence-electron chi connectivity index (χ2n) is 6.29. The number of benzene rings is 1. The van der Waals surface area contributed by atoms with Gasteiger partial charge in [0.05, 0.1) is 23.3 Å². The summed E-state index contributed by atoms with van der Waals surface area (Å²) in [5.74, 6) is -1.31. The van der Waals surface area contributed by atoms with Gasteiger partial charge >= 0.3 is 0 Å². The summed E-state index contributed by atoms with van der Waals surface area (Å²) in [7, 11) is 0. The van der Waals surface area contributed by atoms with E-state index in [1.54, 1.807) is 24.5 Å². The van der Waals surface area contributed by atoms with E-state index in [-0.39, 0.29) is 23.7 Å². The highest BCUT2D eigenvalue weighted by Crippen LogP contribution is 2.25. The molecule has 0 atom stereocenters. The Kier molecular flexibility index (Phi) is 4.98. The van der Waals surface area contributed by atoms with Crippen molar-refractivity contribution >= 4 is 34.1 Å². The van der Waals surface area contributed by atoms with E-state index in [0.717, 1.165) is 22.7 Å². The van der Waals surface area contributed by atoms with Gasteiger partial charge in [0.1, 0.15) is 5.82 Å². The van der Waals surface area contributed by atoms with Crippen molar-refractivity contribution in [1.29, 1.82) is 0 Å². The van der Waals surface area contributed by atoms with Crippen molar-refractivity contribution in [1.82, 2.24) is 15.0 Å². The molecule has 0 fully saturated rings. The molecular formula is C21H17FN6O. The van der Waals surface area contributed by atoms with Gasteiger partial charge in [-0.2, -0.15) is 0 Å². The highest BCUT2D eigenvalue weighted by molar-refractivity contribution is 5.99. The van der Waals surface area contributed by atoms with E-state index in [2.05, 4.69) is 25.6 Å². The molecule has 0 radical (unpaired) electrons. The van der Waals surface area contributed by atoms with Gasteiger partial charge in [0.2, 0.25) is 0 Å². The zero-order valence-electron chi connectivity index (χ0n) is 15.3. The normalized spacial score (nSPS) is 10.7. The first-order valence-electron chi connectivity index (χ1n) is 8.86. The number of aromatic nitrogens is 3. The Morgan fingerprint density at radius 1 is 1.00 bits per heavy atom. The van der Waals surface area contributed by atoms with Crippen LogP contribution in [0.25, 0.3) is 10.9 Å². The Balaban J connectivity index is 1.65. The summed E-state index contributed by atoms with van der Waals surface area (Å²) >= 11 is 0. The first kappa shape index (κ1) is 18.3. The summed E-state index contributed by atoms with van der Waals surface area (Å²) in [5.41, 5.74) is 7.60. The molecule has 0 spiro atoms. The number of halogens is 1. The molecule has 7 nitrogen and oxygen atoms in total. The summed E-state index contributed by atoms with van der Waals surface area (Å²) in [6.07, 6.45) is 3.36. The fourth-order valence-corrected chi connectivity index (χ4v) is 2.86. The molecule has 0 aliphatic rings. The third-order valence-corrected chi connectivity index (χ3v) is 4.27. The minimum Gasteiger partial charge on any atom is -0.365 e. The lowest BCUT2D eigenvalue weighted by Crippen LogP contribution is -2.16. The van der Waals surface area contributed by atoms with Gasteiger partial charge in [0.25, 0.3) is 5.91 Å². The van der Waals surface area contributed by atoms with E-state index in [9.17, 15) is 9.18 Å². The number of anilines is 3. The Bertz CT molecular complexity index is 1180. The topological polar surface area (TPSA) is 106 Å². The number of rotatable bonds is 6. The fourth-order valence-electron chi connectivity index (χ4n) is 2.86. The average Bonchev–Trinajstić information content (AvgIpc) is 2.74. The monoisotopic (exact) mass is 388 g/mol. The van der Waals surface area contributed by atoms with Crippen LogP contribution in [0.5, 0.6) is 0 Å².